The monoisotopic (exact) mass is 463 g/mol. The van der Waals surface area contributed by atoms with Crippen LogP contribution in [0.2, 0.25) is 10.0 Å². The Morgan fingerprint density at radius 3 is 2.69 bits per heavy atom. The van der Waals surface area contributed by atoms with E-state index in [1.54, 1.807) is 30.3 Å². The second-order valence-electron chi connectivity index (χ2n) is 7.52. The number of hydrogen-bond donors (Lipinski definition) is 0. The first-order valence-corrected chi connectivity index (χ1v) is 11.0. The summed E-state index contributed by atoms with van der Waals surface area (Å²) in [4.78, 5) is 12.9. The number of ether oxygens (including phenoxy) is 2. The SMILES string of the molecule is CCn1cc(/C=C2/Oc3cc(OCc4ccc(Cl)c(Cl)c4)ccc3C2=O)c2ccccc21. The Morgan fingerprint density at radius 1 is 1.03 bits per heavy atom. The van der Waals surface area contributed by atoms with Crippen LogP contribution in [0.25, 0.3) is 17.0 Å². The molecule has 0 saturated heterocycles. The topological polar surface area (TPSA) is 40.5 Å². The van der Waals surface area contributed by atoms with Gasteiger partial charge >= 0.3 is 0 Å². The van der Waals surface area contributed by atoms with Crippen molar-refractivity contribution >= 4 is 46.0 Å². The van der Waals surface area contributed by atoms with Gasteiger partial charge in [0.25, 0.3) is 0 Å². The molecule has 0 bridgehead atoms. The number of carbonyl (C=O) groups excluding carboxylic acids is 1. The lowest BCUT2D eigenvalue weighted by atomic mass is 10.1. The molecule has 0 amide bonds. The zero-order valence-electron chi connectivity index (χ0n) is 17.3. The third-order valence-electron chi connectivity index (χ3n) is 5.48. The molecule has 32 heavy (non-hydrogen) atoms. The molecule has 6 heteroatoms. The van der Waals surface area contributed by atoms with E-state index in [1.165, 1.54) is 0 Å². The summed E-state index contributed by atoms with van der Waals surface area (Å²) in [6, 6.07) is 18.7. The van der Waals surface area contributed by atoms with E-state index in [4.69, 9.17) is 32.7 Å². The molecule has 0 radical (unpaired) electrons. The number of halogens is 2. The molecule has 0 aliphatic carbocycles. The molecule has 4 nitrogen and oxygen atoms in total. The van der Waals surface area contributed by atoms with Gasteiger partial charge < -0.3 is 14.0 Å². The van der Waals surface area contributed by atoms with Gasteiger partial charge in [-0.05, 0) is 48.9 Å². The van der Waals surface area contributed by atoms with E-state index in [1.807, 2.05) is 30.5 Å². The third-order valence-corrected chi connectivity index (χ3v) is 6.22. The number of aromatic nitrogens is 1. The van der Waals surface area contributed by atoms with Crippen molar-refractivity contribution in [1.29, 1.82) is 0 Å². The third kappa shape index (κ3) is 3.77. The normalized spacial score (nSPS) is 14.1. The highest BCUT2D eigenvalue weighted by molar-refractivity contribution is 6.42. The van der Waals surface area contributed by atoms with Crippen LogP contribution in [0, 0.1) is 0 Å². The molecule has 160 valence electrons. The van der Waals surface area contributed by atoms with Crippen molar-refractivity contribution in [1.82, 2.24) is 4.57 Å². The Kier molecular flexibility index (Phi) is 5.41. The van der Waals surface area contributed by atoms with Crippen LogP contribution in [0.1, 0.15) is 28.4 Å². The summed E-state index contributed by atoms with van der Waals surface area (Å²) < 4.78 is 13.9. The fraction of sp³-hybridized carbons (Fsp3) is 0.115. The smallest absolute Gasteiger partial charge is 0.231 e. The number of rotatable bonds is 5. The zero-order valence-corrected chi connectivity index (χ0v) is 18.8. The molecule has 2 heterocycles. The highest BCUT2D eigenvalue weighted by atomic mass is 35.5. The van der Waals surface area contributed by atoms with Gasteiger partial charge in [0.2, 0.25) is 5.78 Å². The summed E-state index contributed by atoms with van der Waals surface area (Å²) in [7, 11) is 0. The quantitative estimate of drug-likeness (QED) is 0.294. The molecule has 0 spiro atoms. The molecule has 0 atom stereocenters. The molecule has 1 aliphatic rings. The summed E-state index contributed by atoms with van der Waals surface area (Å²) in [6.07, 6.45) is 3.86. The lowest BCUT2D eigenvalue weighted by molar-refractivity contribution is 0.101. The molecule has 3 aromatic carbocycles. The number of para-hydroxylation sites is 1. The van der Waals surface area contributed by atoms with E-state index < -0.39 is 0 Å². The number of carbonyl (C=O) groups is 1. The number of ketones is 1. The number of allylic oxidation sites excluding steroid dienone is 1. The van der Waals surface area contributed by atoms with Crippen LogP contribution in [0.15, 0.2) is 72.6 Å². The van der Waals surface area contributed by atoms with Gasteiger partial charge in [0, 0.05) is 35.3 Å². The standard InChI is InChI=1S/C26H19Cl2NO3/c1-2-29-14-17(19-5-3-4-6-23(19)29)12-25-26(30)20-9-8-18(13-24(20)32-25)31-15-16-7-10-21(27)22(28)11-16/h3-14H,2,15H2,1H3/b25-12+. The van der Waals surface area contributed by atoms with Crippen LogP contribution in [-0.2, 0) is 13.2 Å². The van der Waals surface area contributed by atoms with Gasteiger partial charge in [0.1, 0.15) is 18.1 Å². The second kappa shape index (κ2) is 8.38. The molecule has 5 rings (SSSR count). The largest absolute Gasteiger partial charge is 0.489 e. The van der Waals surface area contributed by atoms with E-state index in [0.717, 1.165) is 28.6 Å². The summed E-state index contributed by atoms with van der Waals surface area (Å²) in [5.74, 6) is 1.27. The van der Waals surface area contributed by atoms with Crippen molar-refractivity contribution in [3.63, 3.8) is 0 Å². The van der Waals surface area contributed by atoms with E-state index in [2.05, 4.69) is 23.6 Å². The van der Waals surface area contributed by atoms with Crippen LogP contribution in [0.3, 0.4) is 0 Å². The van der Waals surface area contributed by atoms with Gasteiger partial charge in [-0.15, -0.1) is 0 Å². The molecular formula is C26H19Cl2NO3. The minimum atomic E-state index is -0.135. The number of Topliss-reactive ketones (excluding diaryl/α,β-unsaturated/α-hetero) is 1. The van der Waals surface area contributed by atoms with Crippen LogP contribution < -0.4 is 9.47 Å². The Bertz CT molecular complexity index is 1390. The Morgan fingerprint density at radius 2 is 1.88 bits per heavy atom. The first-order chi connectivity index (χ1) is 15.5. The summed E-state index contributed by atoms with van der Waals surface area (Å²) >= 11 is 12.0. The average Bonchev–Trinajstić information content (AvgIpc) is 3.32. The van der Waals surface area contributed by atoms with Crippen LogP contribution in [-0.4, -0.2) is 10.4 Å². The lowest BCUT2D eigenvalue weighted by Crippen LogP contribution is -1.98. The predicted molar refractivity (Wildman–Crippen MR) is 128 cm³/mol. The summed E-state index contributed by atoms with van der Waals surface area (Å²) in [5, 5.41) is 2.07. The maximum atomic E-state index is 12.9. The fourth-order valence-electron chi connectivity index (χ4n) is 3.85. The number of benzene rings is 3. The Hall–Kier alpha value is -3.21. The van der Waals surface area contributed by atoms with Crippen molar-refractivity contribution in [2.75, 3.05) is 0 Å². The molecule has 0 unspecified atom stereocenters. The Balaban J connectivity index is 1.39. The first-order valence-electron chi connectivity index (χ1n) is 10.3. The van der Waals surface area contributed by atoms with Crippen molar-refractivity contribution in [3.05, 3.63) is 99.4 Å². The van der Waals surface area contributed by atoms with Crippen molar-refractivity contribution < 1.29 is 14.3 Å². The number of hydrogen-bond acceptors (Lipinski definition) is 3. The van der Waals surface area contributed by atoms with Gasteiger partial charge in [-0.1, -0.05) is 47.5 Å². The zero-order chi connectivity index (χ0) is 22.2. The second-order valence-corrected chi connectivity index (χ2v) is 8.34. The van der Waals surface area contributed by atoms with Crippen LogP contribution >= 0.6 is 23.2 Å². The van der Waals surface area contributed by atoms with Gasteiger partial charge in [0.05, 0.1) is 15.6 Å². The minimum absolute atomic E-state index is 0.135. The maximum Gasteiger partial charge on any atom is 0.231 e. The van der Waals surface area contributed by atoms with Crippen molar-refractivity contribution in [2.45, 2.75) is 20.1 Å². The van der Waals surface area contributed by atoms with Crippen LogP contribution in [0.5, 0.6) is 11.5 Å². The number of nitrogens with zero attached hydrogens (tertiary/aromatic N) is 1. The molecule has 0 N–H and O–H groups in total. The molecule has 4 aromatic rings. The number of fused-ring (bicyclic) bond motifs is 2. The van der Waals surface area contributed by atoms with Crippen molar-refractivity contribution in [3.8, 4) is 11.5 Å². The van der Waals surface area contributed by atoms with E-state index in [-0.39, 0.29) is 5.78 Å². The van der Waals surface area contributed by atoms with Gasteiger partial charge in [-0.25, -0.2) is 0 Å². The first kappa shape index (κ1) is 20.7. The molecule has 0 saturated carbocycles. The van der Waals surface area contributed by atoms with Gasteiger partial charge in [0.15, 0.2) is 5.76 Å². The molecular weight excluding hydrogens is 445 g/mol. The predicted octanol–water partition coefficient (Wildman–Crippen LogP) is 7.16. The van der Waals surface area contributed by atoms with Gasteiger partial charge in [-0.3, -0.25) is 4.79 Å². The fourth-order valence-corrected chi connectivity index (χ4v) is 4.17. The van der Waals surface area contributed by atoms with Crippen molar-refractivity contribution in [2.24, 2.45) is 0 Å². The van der Waals surface area contributed by atoms with E-state index in [9.17, 15) is 4.79 Å². The lowest BCUT2D eigenvalue weighted by Gasteiger charge is -2.08. The Labute approximate surface area is 195 Å². The summed E-state index contributed by atoms with van der Waals surface area (Å²) in [5.41, 5.74) is 3.50. The van der Waals surface area contributed by atoms with E-state index in [0.29, 0.717) is 39.5 Å². The maximum absolute atomic E-state index is 12.9. The summed E-state index contributed by atoms with van der Waals surface area (Å²) in [6.45, 7) is 3.26. The van der Waals surface area contributed by atoms with Crippen LogP contribution in [0.4, 0.5) is 0 Å². The molecule has 1 aliphatic heterocycles. The molecule has 0 fully saturated rings. The molecule has 1 aromatic heterocycles. The van der Waals surface area contributed by atoms with Gasteiger partial charge in [-0.2, -0.15) is 0 Å². The minimum Gasteiger partial charge on any atom is -0.489 e. The highest BCUT2D eigenvalue weighted by Crippen LogP contribution is 2.36. The average molecular weight is 464 g/mol. The number of aryl methyl sites for hydroxylation is 1. The highest BCUT2D eigenvalue weighted by Gasteiger charge is 2.28. The van der Waals surface area contributed by atoms with E-state index >= 15 is 0 Å².